The molecule has 0 radical (unpaired) electrons. The number of benzene rings is 3. The van der Waals surface area contributed by atoms with E-state index in [2.05, 4.69) is 32.3 Å². The lowest BCUT2D eigenvalue weighted by Crippen LogP contribution is -2.37. The van der Waals surface area contributed by atoms with Crippen LogP contribution < -0.4 is 9.84 Å². The number of nitrogens with zero attached hydrogens (tertiary/aromatic N) is 6. The van der Waals surface area contributed by atoms with E-state index in [1.54, 1.807) is 0 Å². The molecule has 6 aromatic rings. The minimum absolute atomic E-state index is 0.0113. The van der Waals surface area contributed by atoms with E-state index in [-0.39, 0.29) is 54.5 Å². The van der Waals surface area contributed by atoms with Crippen LogP contribution in [0.15, 0.2) is 54.6 Å². The van der Waals surface area contributed by atoms with Gasteiger partial charge in [-0.2, -0.15) is 45.3 Å². The lowest BCUT2D eigenvalue weighted by Gasteiger charge is -2.32. The van der Waals surface area contributed by atoms with Crippen molar-refractivity contribution in [1.82, 2.24) is 34.2 Å². The molecule has 2 amide bonds. The largest absolute Gasteiger partial charge is 0.755 e. The molecule has 2 aliphatic rings. The van der Waals surface area contributed by atoms with Crippen molar-refractivity contribution < 1.29 is 99.4 Å². The molecule has 2 aliphatic carbocycles. The average Bonchev–Trinajstić information content (AvgIpc) is 2.15. The summed E-state index contributed by atoms with van der Waals surface area (Å²) in [7, 11) is -9.35. The van der Waals surface area contributed by atoms with E-state index in [9.17, 15) is 86.1 Å². The van der Waals surface area contributed by atoms with Gasteiger partial charge in [-0.25, -0.2) is 26.7 Å². The predicted molar refractivity (Wildman–Crippen MR) is 285 cm³/mol. The number of fused-ring (bicyclic) bond motifs is 4. The van der Waals surface area contributed by atoms with Gasteiger partial charge in [0.2, 0.25) is 11.8 Å². The second kappa shape index (κ2) is 23.0. The number of amides is 2. The number of pyridine rings is 1. The van der Waals surface area contributed by atoms with Gasteiger partial charge >= 0.3 is 26.1 Å². The minimum Gasteiger partial charge on any atom is -0.755 e. The van der Waals surface area contributed by atoms with Crippen molar-refractivity contribution in [2.75, 3.05) is 6.26 Å². The molecular weight excluding hydrogens is 1250 g/mol. The number of phosphoric ester groups is 1. The third kappa shape index (κ3) is 13.9. The Labute approximate surface area is 489 Å². The first kappa shape index (κ1) is 65.0. The summed E-state index contributed by atoms with van der Waals surface area (Å²) in [6.45, 7) is 2.00. The zero-order valence-electron chi connectivity index (χ0n) is 45.5. The second-order valence-electron chi connectivity index (χ2n) is 21.8. The Bertz CT molecular complexity index is 4030. The van der Waals surface area contributed by atoms with Crippen molar-refractivity contribution in [3.8, 4) is 28.7 Å². The Morgan fingerprint density at radius 3 is 2.20 bits per heavy atom. The van der Waals surface area contributed by atoms with Crippen molar-refractivity contribution >= 4 is 69.2 Å². The zero-order valence-corrected chi connectivity index (χ0v) is 48.8. The van der Waals surface area contributed by atoms with Gasteiger partial charge in [0.05, 0.1) is 52.2 Å². The number of carboxylic acid groups (broad SMARTS) is 1. The number of phosphoric acid groups is 1. The Morgan fingerprint density at radius 1 is 0.977 bits per heavy atom. The number of aliphatic carboxylic acids is 1. The molecule has 1 fully saturated rings. The zero-order chi connectivity index (χ0) is 63.9. The lowest BCUT2D eigenvalue weighted by atomic mass is 9.78. The first-order valence-corrected chi connectivity index (χ1v) is 30.1. The number of hydrogen-bond acceptors (Lipinski definition) is 12. The van der Waals surface area contributed by atoms with Gasteiger partial charge in [0.25, 0.3) is 5.92 Å². The Hall–Kier alpha value is -6.94. The quantitative estimate of drug-likeness (QED) is 0.0255. The minimum atomic E-state index is -5.40. The van der Waals surface area contributed by atoms with Gasteiger partial charge in [0.15, 0.2) is 15.5 Å². The second-order valence-corrected chi connectivity index (χ2v) is 26.8. The predicted octanol–water partition coefficient (Wildman–Crippen LogP) is 9.19. The van der Waals surface area contributed by atoms with Crippen molar-refractivity contribution in [3.05, 3.63) is 128 Å². The summed E-state index contributed by atoms with van der Waals surface area (Å²) in [4.78, 5) is 64.2. The van der Waals surface area contributed by atoms with Crippen LogP contribution in [-0.2, 0) is 90.0 Å². The summed E-state index contributed by atoms with van der Waals surface area (Å²) in [5.41, 5.74) is -8.21. The summed E-state index contributed by atoms with van der Waals surface area (Å²) in [6, 6.07) is 7.00. The monoisotopic (exact) mass is 1290 g/mol. The van der Waals surface area contributed by atoms with Gasteiger partial charge < -0.3 is 19.5 Å². The maximum Gasteiger partial charge on any atom is 0.524 e. The molecule has 3 heterocycles. The molecule has 462 valence electrons. The fourth-order valence-corrected chi connectivity index (χ4v) is 11.9. The molecule has 0 saturated heterocycles. The molecular formula is C53H48ClF10N7O12PS2-. The molecule has 0 bridgehead atoms. The van der Waals surface area contributed by atoms with E-state index in [1.165, 1.54) is 40.7 Å². The number of aromatic nitrogens is 5. The van der Waals surface area contributed by atoms with Gasteiger partial charge in [0, 0.05) is 57.7 Å². The molecule has 2 unspecified atom stereocenters. The van der Waals surface area contributed by atoms with E-state index in [4.69, 9.17) is 16.1 Å². The molecule has 3 aromatic carbocycles. The first-order chi connectivity index (χ1) is 39.5. The summed E-state index contributed by atoms with van der Waals surface area (Å²) in [6.07, 6.45) is -12.1. The van der Waals surface area contributed by atoms with Crippen LogP contribution in [0.3, 0.4) is 0 Å². The highest BCUT2D eigenvalue weighted by atomic mass is 35.5. The molecule has 8 rings (SSSR count). The number of hydrogen-bond donors (Lipinski definition) is 4. The third-order valence-corrected chi connectivity index (χ3v) is 17.8. The molecule has 1 saturated carbocycles. The number of halogens is 11. The number of aryl methyl sites for hydroxylation is 1. The van der Waals surface area contributed by atoms with Crippen LogP contribution >= 0.6 is 19.4 Å². The smallest absolute Gasteiger partial charge is 0.524 e. The Kier molecular flexibility index (Phi) is 17.4. The molecule has 0 aliphatic heterocycles. The van der Waals surface area contributed by atoms with Gasteiger partial charge in [0.1, 0.15) is 46.6 Å². The fourth-order valence-electron chi connectivity index (χ4n) is 10.5. The van der Waals surface area contributed by atoms with Gasteiger partial charge in [-0.1, -0.05) is 43.5 Å². The van der Waals surface area contributed by atoms with Crippen LogP contribution in [0.1, 0.15) is 109 Å². The van der Waals surface area contributed by atoms with Gasteiger partial charge in [-0.3, -0.25) is 42.0 Å². The summed E-state index contributed by atoms with van der Waals surface area (Å²) in [5, 5.41) is 18.4. The number of rotatable bonds is 19. The maximum absolute atomic E-state index is 15.7. The Balaban J connectivity index is 1.29. The summed E-state index contributed by atoms with van der Waals surface area (Å²) < 4.78 is 216. The molecule has 33 heteroatoms. The lowest BCUT2D eigenvalue weighted by molar-refractivity contribution is -0.143. The molecule has 19 nitrogen and oxygen atoms in total. The average molecular weight is 1300 g/mol. The van der Waals surface area contributed by atoms with E-state index >= 15 is 8.78 Å². The van der Waals surface area contributed by atoms with Crippen LogP contribution in [0, 0.1) is 36.3 Å². The molecule has 86 heavy (non-hydrogen) atoms. The molecule has 0 spiro atoms. The van der Waals surface area contributed by atoms with Crippen molar-refractivity contribution in [2.45, 2.75) is 120 Å². The Morgan fingerprint density at radius 2 is 1.62 bits per heavy atom. The van der Waals surface area contributed by atoms with E-state index in [0.717, 1.165) is 48.7 Å². The number of carbonyl (C=O) groups is 3. The number of carboxylic acids is 1. The number of nitrogens with one attached hydrogen (secondary N) is 1. The van der Waals surface area contributed by atoms with Gasteiger partial charge in [-0.05, 0) is 98.5 Å². The highest BCUT2D eigenvalue weighted by Crippen LogP contribution is 2.68. The summed E-state index contributed by atoms with van der Waals surface area (Å²) in [5.74, 6) is -8.46. The standard InChI is InChI=1S/C53H49ClF10N7O12PS2/c1-25-13-26(18-41(74)75)17-38(83-84(76,77)78)44(25)49(2,3)21-40(73)71(85(79)80)22-37-43-35(54)10-9-32(46(43)70(67-37)24-51(57,58)59)31-8-7-30(11-12-50(4,5)86(6,81)82)65-45(31)36(16-27-14-28(55)19-29(56)15-27)66-39(72)23-69-48-42(47(68-69)53(62,63)64)33-20-34(33)52(48,60)61/h7-10,13-15,17,19,33-34,36H,16,18,20-24H2,1-6H3,(H,66,72)(H,74,75)(H,79,80)(H2,76,77,78)/p-1/t33-,34+,36?/m0/s1. The summed E-state index contributed by atoms with van der Waals surface area (Å²) >= 11 is 3.15. The number of carbonyl (C=O) groups excluding carboxylic acids is 2. The van der Waals surface area contributed by atoms with Gasteiger partial charge in [-0.15, -0.1) is 0 Å². The number of alkyl halides is 8. The van der Waals surface area contributed by atoms with Crippen LogP contribution in [0.5, 0.6) is 5.75 Å². The molecule has 4 N–H and O–H groups in total. The van der Waals surface area contributed by atoms with E-state index in [0.29, 0.717) is 10.7 Å². The van der Waals surface area contributed by atoms with Crippen LogP contribution in [0.25, 0.3) is 22.0 Å². The molecule has 3 aromatic heterocycles. The topological polar surface area (TPSA) is 276 Å². The van der Waals surface area contributed by atoms with Crippen molar-refractivity contribution in [3.63, 3.8) is 0 Å². The van der Waals surface area contributed by atoms with Crippen LogP contribution in [-0.4, -0.2) is 95.9 Å². The van der Waals surface area contributed by atoms with E-state index < -0.39 is 194 Å². The SMILES string of the molecule is Cc1cc(CC(=O)O)cc(OP(=O)(O)O)c1C(C)(C)CC(=O)N(Cc1nn(CC(F)(F)F)c2c(-c3ccc(C#CC(C)(C)S(C)(=O)=O)nc3C(Cc3cc(F)cc(F)c3)NC(=O)Cn3nc(C(F)(F)F)c4c3C(F)(F)[C@@H]3C[C@H]43)ccc(Cl)c12)S(=O)[O-]. The highest BCUT2D eigenvalue weighted by molar-refractivity contribution is 7.92. The van der Waals surface area contributed by atoms with Crippen molar-refractivity contribution in [2.24, 2.45) is 5.92 Å². The third-order valence-electron chi connectivity index (χ3n) is 14.4. The van der Waals surface area contributed by atoms with E-state index in [1.807, 2.05) is 0 Å². The maximum atomic E-state index is 15.7. The highest BCUT2D eigenvalue weighted by Gasteiger charge is 2.68. The first-order valence-electron chi connectivity index (χ1n) is 25.3. The van der Waals surface area contributed by atoms with Crippen LogP contribution in [0.2, 0.25) is 5.02 Å². The fraction of sp³-hybridized carbons (Fsp3) is 0.396. The van der Waals surface area contributed by atoms with Crippen LogP contribution in [0.4, 0.5) is 43.9 Å². The molecule has 4 atom stereocenters. The van der Waals surface area contributed by atoms with Crippen molar-refractivity contribution in [1.29, 1.82) is 0 Å². The number of sulfone groups is 1. The normalized spacial score (nSPS) is 16.7.